The molecule has 0 saturated carbocycles. The first kappa shape index (κ1) is 30.9. The number of nitrogens with zero attached hydrogens (tertiary/aromatic N) is 2. The van der Waals surface area contributed by atoms with Crippen molar-refractivity contribution in [2.45, 2.75) is 6.92 Å². The first-order valence-corrected chi connectivity index (χ1v) is 18.2. The SMILES string of the molecule is C=Cc1c(/C=C(\C)c2ccc3c(c2)c2ccccc2n3-c2ccc3cc(-c4ccccc4)ccc3c2)c2ccccc2n1-c1cccc2ccccc12. The Hall–Kier alpha value is -6.90. The maximum absolute atomic E-state index is 4.32. The number of rotatable bonds is 6. The first-order chi connectivity index (χ1) is 26.2. The van der Waals surface area contributed by atoms with Crippen molar-refractivity contribution in [3.63, 3.8) is 0 Å². The summed E-state index contributed by atoms with van der Waals surface area (Å²) in [7, 11) is 0. The van der Waals surface area contributed by atoms with Crippen molar-refractivity contribution in [3.05, 3.63) is 199 Å². The molecule has 0 N–H and O–H groups in total. The van der Waals surface area contributed by atoms with E-state index in [1.54, 1.807) is 0 Å². The van der Waals surface area contributed by atoms with Gasteiger partial charge in [-0.3, -0.25) is 0 Å². The van der Waals surface area contributed by atoms with Crippen LogP contribution in [0.25, 0.3) is 94.5 Å². The summed E-state index contributed by atoms with van der Waals surface area (Å²) < 4.78 is 4.78. The number of benzene rings is 8. The number of hydrogen-bond donors (Lipinski definition) is 0. The summed E-state index contributed by atoms with van der Waals surface area (Å²) in [4.78, 5) is 0. The monoisotopic (exact) mass is 676 g/mol. The Kier molecular flexibility index (Phi) is 7.23. The third-order valence-electron chi connectivity index (χ3n) is 10.8. The summed E-state index contributed by atoms with van der Waals surface area (Å²) in [6.07, 6.45) is 4.35. The van der Waals surface area contributed by atoms with Crippen LogP contribution in [0, 0.1) is 0 Å². The predicted molar refractivity (Wildman–Crippen MR) is 228 cm³/mol. The van der Waals surface area contributed by atoms with Gasteiger partial charge in [-0.2, -0.15) is 0 Å². The molecule has 0 radical (unpaired) electrons. The van der Waals surface area contributed by atoms with Gasteiger partial charge in [0, 0.05) is 32.8 Å². The summed E-state index contributed by atoms with van der Waals surface area (Å²) in [6, 6.07) is 63.7. The first-order valence-electron chi connectivity index (χ1n) is 18.2. The molecular weight excluding hydrogens is 641 g/mol. The molecule has 2 nitrogen and oxygen atoms in total. The van der Waals surface area contributed by atoms with Crippen LogP contribution >= 0.6 is 0 Å². The fraction of sp³-hybridized carbons (Fsp3) is 0.0196. The van der Waals surface area contributed by atoms with E-state index in [0.29, 0.717) is 0 Å². The topological polar surface area (TPSA) is 9.86 Å². The normalized spacial score (nSPS) is 12.1. The molecule has 0 spiro atoms. The lowest BCUT2D eigenvalue weighted by Crippen LogP contribution is -1.98. The third-order valence-corrected chi connectivity index (χ3v) is 10.8. The van der Waals surface area contributed by atoms with E-state index in [1.165, 1.54) is 82.1 Å². The molecule has 0 aliphatic carbocycles. The molecule has 0 saturated heterocycles. The molecule has 0 fully saturated rings. The van der Waals surface area contributed by atoms with Gasteiger partial charge in [0.2, 0.25) is 0 Å². The van der Waals surface area contributed by atoms with Crippen LogP contribution in [0.3, 0.4) is 0 Å². The molecule has 2 aromatic heterocycles. The molecule has 2 heteroatoms. The van der Waals surface area contributed by atoms with Crippen molar-refractivity contribution < 1.29 is 0 Å². The van der Waals surface area contributed by atoms with Crippen LogP contribution in [0.1, 0.15) is 23.7 Å². The summed E-state index contributed by atoms with van der Waals surface area (Å²) in [5.41, 5.74) is 13.0. The van der Waals surface area contributed by atoms with Crippen molar-refractivity contribution in [1.29, 1.82) is 0 Å². The van der Waals surface area contributed by atoms with Crippen molar-refractivity contribution in [1.82, 2.24) is 9.13 Å². The minimum absolute atomic E-state index is 1.09. The fourth-order valence-electron chi connectivity index (χ4n) is 8.28. The van der Waals surface area contributed by atoms with Crippen molar-refractivity contribution in [2.24, 2.45) is 0 Å². The smallest absolute Gasteiger partial charge is 0.0541 e. The molecule has 0 aliphatic heterocycles. The van der Waals surface area contributed by atoms with Crippen LogP contribution in [0.15, 0.2) is 183 Å². The van der Waals surface area contributed by atoms with E-state index >= 15 is 0 Å². The van der Waals surface area contributed by atoms with Gasteiger partial charge in [0.15, 0.2) is 0 Å². The molecule has 0 atom stereocenters. The second-order valence-corrected chi connectivity index (χ2v) is 13.9. The number of fused-ring (bicyclic) bond motifs is 6. The summed E-state index contributed by atoms with van der Waals surface area (Å²) in [6.45, 7) is 6.55. The highest BCUT2D eigenvalue weighted by atomic mass is 15.0. The second-order valence-electron chi connectivity index (χ2n) is 13.9. The Morgan fingerprint density at radius 2 is 1.13 bits per heavy atom. The Balaban J connectivity index is 1.10. The Morgan fingerprint density at radius 1 is 0.472 bits per heavy atom. The molecule has 53 heavy (non-hydrogen) atoms. The van der Waals surface area contributed by atoms with Crippen molar-refractivity contribution in [2.75, 3.05) is 0 Å². The Morgan fingerprint density at radius 3 is 1.96 bits per heavy atom. The van der Waals surface area contributed by atoms with E-state index in [0.717, 1.165) is 17.1 Å². The summed E-state index contributed by atoms with van der Waals surface area (Å²) in [5, 5.41) is 8.60. The molecule has 10 rings (SSSR count). The van der Waals surface area contributed by atoms with Gasteiger partial charge in [0.25, 0.3) is 0 Å². The maximum atomic E-state index is 4.32. The van der Waals surface area contributed by atoms with E-state index in [4.69, 9.17) is 0 Å². The van der Waals surface area contributed by atoms with Gasteiger partial charge in [-0.1, -0.05) is 134 Å². The van der Waals surface area contributed by atoms with Crippen LogP contribution in [0.2, 0.25) is 0 Å². The van der Waals surface area contributed by atoms with Gasteiger partial charge in [-0.15, -0.1) is 0 Å². The van der Waals surface area contributed by atoms with Crippen molar-refractivity contribution >= 4 is 72.0 Å². The van der Waals surface area contributed by atoms with E-state index in [9.17, 15) is 0 Å². The summed E-state index contributed by atoms with van der Waals surface area (Å²) >= 11 is 0. The van der Waals surface area contributed by atoms with Gasteiger partial charge >= 0.3 is 0 Å². The van der Waals surface area contributed by atoms with Gasteiger partial charge in [0.05, 0.1) is 27.9 Å². The minimum atomic E-state index is 1.09. The molecule has 2 heterocycles. The van der Waals surface area contributed by atoms with E-state index in [-0.39, 0.29) is 0 Å². The number of hydrogen-bond acceptors (Lipinski definition) is 0. The van der Waals surface area contributed by atoms with E-state index < -0.39 is 0 Å². The van der Waals surface area contributed by atoms with E-state index in [2.05, 4.69) is 205 Å². The van der Waals surface area contributed by atoms with Crippen LogP contribution in [-0.2, 0) is 0 Å². The van der Waals surface area contributed by atoms with Crippen molar-refractivity contribution in [3.8, 4) is 22.5 Å². The van der Waals surface area contributed by atoms with Gasteiger partial charge in [0.1, 0.15) is 0 Å². The minimum Gasteiger partial charge on any atom is -0.309 e. The molecule has 0 amide bonds. The van der Waals surface area contributed by atoms with E-state index in [1.807, 2.05) is 6.08 Å². The maximum Gasteiger partial charge on any atom is 0.0541 e. The highest BCUT2D eigenvalue weighted by Crippen LogP contribution is 2.38. The van der Waals surface area contributed by atoms with Crippen LogP contribution in [0.5, 0.6) is 0 Å². The van der Waals surface area contributed by atoms with Gasteiger partial charge in [-0.05, 0) is 106 Å². The number of allylic oxidation sites excluding steroid dienone is 1. The largest absolute Gasteiger partial charge is 0.309 e. The van der Waals surface area contributed by atoms with Crippen LogP contribution in [0.4, 0.5) is 0 Å². The zero-order chi connectivity index (χ0) is 35.5. The van der Waals surface area contributed by atoms with Gasteiger partial charge in [-0.25, -0.2) is 0 Å². The molecule has 10 aromatic rings. The average molecular weight is 677 g/mol. The van der Waals surface area contributed by atoms with Crippen LogP contribution < -0.4 is 0 Å². The molecule has 0 unspecified atom stereocenters. The van der Waals surface area contributed by atoms with Gasteiger partial charge < -0.3 is 9.13 Å². The Labute approximate surface area is 308 Å². The quantitative estimate of drug-likeness (QED) is 0.166. The zero-order valence-corrected chi connectivity index (χ0v) is 29.5. The lowest BCUT2D eigenvalue weighted by Gasteiger charge is -2.12. The van der Waals surface area contributed by atoms with Crippen LogP contribution in [-0.4, -0.2) is 9.13 Å². The zero-order valence-electron chi connectivity index (χ0n) is 29.5. The molecule has 0 bridgehead atoms. The Bertz CT molecular complexity index is 3070. The lowest BCUT2D eigenvalue weighted by atomic mass is 10.00. The number of para-hydroxylation sites is 2. The predicted octanol–water partition coefficient (Wildman–Crippen LogP) is 13.9. The second kappa shape index (κ2) is 12.4. The standard InChI is InChI=1S/C51H36N2/c1-3-47-45(43-19-10-12-22-50(43)53(47)48-23-13-17-36-16-7-8-18-42(36)48)30-34(2)37-27-29-51-46(33-37)44-20-9-11-21-49(44)52(51)41-28-26-39-31-38(24-25-40(39)32-41)35-14-5-4-6-15-35/h3-33H,1H2,2H3/b34-30+. The lowest BCUT2D eigenvalue weighted by molar-refractivity contribution is 1.12. The average Bonchev–Trinajstić information content (AvgIpc) is 3.72. The molecular formula is C51H36N2. The highest BCUT2D eigenvalue weighted by Gasteiger charge is 2.18. The molecule has 250 valence electrons. The molecule has 0 aliphatic rings. The molecule has 8 aromatic carbocycles. The fourth-order valence-corrected chi connectivity index (χ4v) is 8.28. The highest BCUT2D eigenvalue weighted by molar-refractivity contribution is 6.11. The summed E-state index contributed by atoms with van der Waals surface area (Å²) in [5.74, 6) is 0. The third kappa shape index (κ3) is 5.03. The number of aromatic nitrogens is 2.